The van der Waals surface area contributed by atoms with Gasteiger partial charge in [-0.2, -0.15) is 5.10 Å². The van der Waals surface area contributed by atoms with Gasteiger partial charge in [0.15, 0.2) is 0 Å². The summed E-state index contributed by atoms with van der Waals surface area (Å²) in [6.07, 6.45) is 6.35. The quantitative estimate of drug-likeness (QED) is 0.646. The molecule has 1 amide bonds. The van der Waals surface area contributed by atoms with Gasteiger partial charge in [0.2, 0.25) is 0 Å². The van der Waals surface area contributed by atoms with Crippen molar-refractivity contribution in [3.8, 4) is 0 Å². The molecule has 2 aromatic rings. The van der Waals surface area contributed by atoms with Crippen LogP contribution in [0.5, 0.6) is 0 Å². The fourth-order valence-corrected chi connectivity index (χ4v) is 5.48. The van der Waals surface area contributed by atoms with E-state index in [1.807, 2.05) is 18.2 Å². The van der Waals surface area contributed by atoms with E-state index in [2.05, 4.69) is 28.3 Å². The maximum absolute atomic E-state index is 13.2. The smallest absolute Gasteiger partial charge is 0.257 e. The van der Waals surface area contributed by atoms with Crippen molar-refractivity contribution in [2.24, 2.45) is 16.9 Å². The van der Waals surface area contributed by atoms with E-state index in [1.54, 1.807) is 22.6 Å². The van der Waals surface area contributed by atoms with Gasteiger partial charge in [0.25, 0.3) is 5.91 Å². The number of hydrogen-bond donors (Lipinski definition) is 0. The molecule has 2 aliphatic heterocycles. The second-order valence-electron chi connectivity index (χ2n) is 9.05. The molecule has 7 heteroatoms. The Labute approximate surface area is 182 Å². The highest BCUT2D eigenvalue weighted by molar-refractivity contribution is 7.12. The predicted molar refractivity (Wildman–Crippen MR) is 119 cm³/mol. The van der Waals surface area contributed by atoms with Crippen LogP contribution in [0.2, 0.25) is 0 Å². The third-order valence-electron chi connectivity index (χ3n) is 6.41. The van der Waals surface area contributed by atoms with Crippen LogP contribution in [0.3, 0.4) is 0 Å². The SMILES string of the molecule is CN(CC1CC1)C[C@H]1CCN(CC(=O)N2N=C(c3cccs3)C[C@@H]2c2ccco2)C1. The number of amides is 1. The van der Waals surface area contributed by atoms with Crippen molar-refractivity contribution in [3.63, 3.8) is 0 Å². The van der Waals surface area contributed by atoms with Crippen LogP contribution in [0, 0.1) is 11.8 Å². The highest BCUT2D eigenvalue weighted by atomic mass is 32.1. The molecule has 0 spiro atoms. The molecule has 4 heterocycles. The lowest BCUT2D eigenvalue weighted by atomic mass is 10.1. The minimum absolute atomic E-state index is 0.0648. The first-order valence-electron chi connectivity index (χ1n) is 11.0. The topological polar surface area (TPSA) is 52.3 Å². The van der Waals surface area contributed by atoms with E-state index in [1.165, 1.54) is 25.8 Å². The lowest BCUT2D eigenvalue weighted by molar-refractivity contribution is -0.134. The van der Waals surface area contributed by atoms with Gasteiger partial charge >= 0.3 is 0 Å². The molecule has 1 saturated carbocycles. The molecule has 0 radical (unpaired) electrons. The largest absolute Gasteiger partial charge is 0.467 e. The highest BCUT2D eigenvalue weighted by Crippen LogP contribution is 2.34. The van der Waals surface area contributed by atoms with Gasteiger partial charge in [-0.1, -0.05) is 6.07 Å². The summed E-state index contributed by atoms with van der Waals surface area (Å²) in [5, 5.41) is 8.45. The molecule has 6 nitrogen and oxygen atoms in total. The van der Waals surface area contributed by atoms with E-state index in [0.717, 1.165) is 41.9 Å². The fourth-order valence-electron chi connectivity index (χ4n) is 4.76. The summed E-state index contributed by atoms with van der Waals surface area (Å²) in [6, 6.07) is 7.77. The van der Waals surface area contributed by atoms with Crippen molar-refractivity contribution in [2.75, 3.05) is 39.8 Å². The van der Waals surface area contributed by atoms with Crippen LogP contribution in [0.25, 0.3) is 0 Å². The number of rotatable bonds is 8. The van der Waals surface area contributed by atoms with Gasteiger partial charge in [0.05, 0.1) is 23.4 Å². The molecule has 0 N–H and O–H groups in total. The number of likely N-dealkylation sites (tertiary alicyclic amines) is 1. The zero-order valence-electron chi connectivity index (χ0n) is 17.6. The Morgan fingerprint density at radius 2 is 2.10 bits per heavy atom. The lowest BCUT2D eigenvalue weighted by Gasteiger charge is -2.24. The Bertz CT molecular complexity index is 875. The molecule has 2 aromatic heterocycles. The van der Waals surface area contributed by atoms with Gasteiger partial charge in [0, 0.05) is 26.1 Å². The average molecular weight is 427 g/mol. The number of hydrogen-bond acceptors (Lipinski definition) is 6. The van der Waals surface area contributed by atoms with Crippen molar-refractivity contribution in [1.82, 2.24) is 14.8 Å². The van der Waals surface area contributed by atoms with Crippen LogP contribution in [0.1, 0.15) is 42.4 Å². The first-order chi connectivity index (χ1) is 14.7. The summed E-state index contributed by atoms with van der Waals surface area (Å²) in [4.78, 5) is 19.1. The number of carbonyl (C=O) groups is 1. The monoisotopic (exact) mass is 426 g/mol. The Kier molecular flexibility index (Phi) is 5.76. The minimum Gasteiger partial charge on any atom is -0.467 e. The van der Waals surface area contributed by atoms with Crippen molar-refractivity contribution in [3.05, 3.63) is 46.5 Å². The van der Waals surface area contributed by atoms with E-state index in [4.69, 9.17) is 9.52 Å². The molecule has 160 valence electrons. The van der Waals surface area contributed by atoms with Crippen LogP contribution < -0.4 is 0 Å². The van der Waals surface area contributed by atoms with Crippen LogP contribution in [-0.2, 0) is 4.79 Å². The number of nitrogens with zero attached hydrogens (tertiary/aromatic N) is 4. The van der Waals surface area contributed by atoms with E-state index in [-0.39, 0.29) is 11.9 Å². The molecule has 0 aromatic carbocycles. The summed E-state index contributed by atoms with van der Waals surface area (Å²) >= 11 is 1.67. The average Bonchev–Trinajstić information content (AvgIpc) is 3.26. The van der Waals surface area contributed by atoms with Crippen molar-refractivity contribution >= 4 is 23.0 Å². The first kappa shape index (κ1) is 20.0. The Balaban J connectivity index is 1.21. The Morgan fingerprint density at radius 1 is 1.23 bits per heavy atom. The zero-order valence-corrected chi connectivity index (χ0v) is 18.4. The van der Waals surface area contributed by atoms with E-state index in [9.17, 15) is 4.79 Å². The molecule has 2 fully saturated rings. The third kappa shape index (κ3) is 4.53. The number of hydrazone groups is 1. The molecule has 5 rings (SSSR count). The zero-order chi connectivity index (χ0) is 20.5. The summed E-state index contributed by atoms with van der Waals surface area (Å²) in [5.74, 6) is 2.46. The molecule has 1 saturated heterocycles. The van der Waals surface area contributed by atoms with Gasteiger partial charge in [0.1, 0.15) is 11.8 Å². The molecule has 1 aliphatic carbocycles. The number of carbonyl (C=O) groups excluding carboxylic acids is 1. The normalized spacial score (nSPS) is 24.7. The lowest BCUT2D eigenvalue weighted by Crippen LogP contribution is -2.38. The van der Waals surface area contributed by atoms with Gasteiger partial charge in [-0.3, -0.25) is 9.69 Å². The molecule has 2 atom stereocenters. The van der Waals surface area contributed by atoms with Crippen molar-refractivity contribution in [2.45, 2.75) is 31.7 Å². The maximum Gasteiger partial charge on any atom is 0.257 e. The molecule has 0 bridgehead atoms. The molecular weight excluding hydrogens is 396 g/mol. The van der Waals surface area contributed by atoms with E-state index in [0.29, 0.717) is 18.9 Å². The van der Waals surface area contributed by atoms with Gasteiger partial charge < -0.3 is 9.32 Å². The molecule has 30 heavy (non-hydrogen) atoms. The molecule has 0 unspecified atom stereocenters. The number of furan rings is 1. The van der Waals surface area contributed by atoms with E-state index < -0.39 is 0 Å². The Morgan fingerprint density at radius 3 is 2.83 bits per heavy atom. The van der Waals surface area contributed by atoms with Crippen LogP contribution in [0.15, 0.2) is 45.4 Å². The van der Waals surface area contributed by atoms with Gasteiger partial charge in [-0.25, -0.2) is 5.01 Å². The fraction of sp³-hybridized carbons (Fsp3) is 0.565. The second kappa shape index (κ2) is 8.65. The van der Waals surface area contributed by atoms with Crippen LogP contribution in [-0.4, -0.2) is 66.2 Å². The summed E-state index contributed by atoms with van der Waals surface area (Å²) in [5.41, 5.74) is 0.973. The highest BCUT2D eigenvalue weighted by Gasteiger charge is 2.36. The van der Waals surface area contributed by atoms with Crippen molar-refractivity contribution in [1.29, 1.82) is 0 Å². The van der Waals surface area contributed by atoms with Gasteiger partial charge in [-0.05, 0) is 68.3 Å². The third-order valence-corrected chi connectivity index (χ3v) is 7.33. The summed E-state index contributed by atoms with van der Waals surface area (Å²) in [6.45, 7) is 4.80. The van der Waals surface area contributed by atoms with E-state index >= 15 is 0 Å². The van der Waals surface area contributed by atoms with Crippen LogP contribution >= 0.6 is 11.3 Å². The summed E-state index contributed by atoms with van der Waals surface area (Å²) in [7, 11) is 2.24. The first-order valence-corrected chi connectivity index (χ1v) is 11.9. The van der Waals surface area contributed by atoms with Gasteiger partial charge in [-0.15, -0.1) is 11.3 Å². The minimum atomic E-state index is -0.146. The summed E-state index contributed by atoms with van der Waals surface area (Å²) < 4.78 is 5.65. The maximum atomic E-state index is 13.2. The number of thiophene rings is 1. The van der Waals surface area contributed by atoms with Crippen molar-refractivity contribution < 1.29 is 9.21 Å². The second-order valence-corrected chi connectivity index (χ2v) is 10.00. The Hall–Kier alpha value is -1.96. The standard InChI is InChI=1S/C23H30N4O2S/c1-25(13-17-6-7-17)14-18-8-9-26(15-18)16-23(28)27-20(21-4-2-10-29-21)12-19(24-27)22-5-3-11-30-22/h2-5,10-11,17-18,20H,6-9,12-16H2,1H3/t18-,20-/m1/s1. The van der Waals surface area contributed by atoms with Crippen LogP contribution in [0.4, 0.5) is 0 Å². The predicted octanol–water partition coefficient (Wildman–Crippen LogP) is 3.68. The molecular formula is C23H30N4O2S. The molecule has 3 aliphatic rings.